The van der Waals surface area contributed by atoms with E-state index < -0.39 is 0 Å². The number of carbonyl (C=O) groups is 1. The van der Waals surface area contributed by atoms with Gasteiger partial charge in [0.15, 0.2) is 0 Å². The molecule has 0 aromatic heterocycles. The third kappa shape index (κ3) is 4.19. The number of piperidine rings is 1. The minimum absolute atomic E-state index is 0.158. The Balaban J connectivity index is 1.79. The normalized spacial score (nSPS) is 24.6. The molecule has 4 heteroatoms. The van der Waals surface area contributed by atoms with Crippen molar-refractivity contribution >= 4 is 5.91 Å². The van der Waals surface area contributed by atoms with Gasteiger partial charge in [0, 0.05) is 13.1 Å². The second-order valence-electron chi connectivity index (χ2n) is 6.83. The molecule has 2 rings (SSSR count). The Morgan fingerprint density at radius 3 is 2.40 bits per heavy atom. The fourth-order valence-corrected chi connectivity index (χ4v) is 3.71. The molecule has 20 heavy (non-hydrogen) atoms. The van der Waals surface area contributed by atoms with E-state index in [-0.39, 0.29) is 11.9 Å². The lowest BCUT2D eigenvalue weighted by Crippen LogP contribution is -2.50. The van der Waals surface area contributed by atoms with E-state index in [9.17, 15) is 4.79 Å². The van der Waals surface area contributed by atoms with E-state index in [1.54, 1.807) is 0 Å². The lowest BCUT2D eigenvalue weighted by Gasteiger charge is -2.36. The van der Waals surface area contributed by atoms with Crippen molar-refractivity contribution in [3.05, 3.63) is 0 Å². The molecule has 1 saturated carbocycles. The predicted octanol–water partition coefficient (Wildman–Crippen LogP) is 1.84. The average Bonchev–Trinajstić information content (AvgIpc) is 2.47. The first kappa shape index (κ1) is 15.8. The van der Waals surface area contributed by atoms with Crippen LogP contribution in [0.4, 0.5) is 0 Å². The van der Waals surface area contributed by atoms with Gasteiger partial charge < -0.3 is 15.5 Å². The zero-order valence-corrected chi connectivity index (χ0v) is 13.2. The molecule has 1 saturated heterocycles. The topological polar surface area (TPSA) is 49.6 Å². The summed E-state index contributed by atoms with van der Waals surface area (Å²) in [6.07, 6.45) is 9.55. The first-order valence-electron chi connectivity index (χ1n) is 8.28. The fourth-order valence-electron chi connectivity index (χ4n) is 3.71. The largest absolute Gasteiger partial charge is 0.341 e. The first-order valence-corrected chi connectivity index (χ1v) is 8.28. The molecule has 1 heterocycles. The number of likely N-dealkylation sites (N-methyl/N-ethyl adjacent to an activating group) is 1. The minimum atomic E-state index is -0.289. The summed E-state index contributed by atoms with van der Waals surface area (Å²) in [5.41, 5.74) is 6.18. The van der Waals surface area contributed by atoms with E-state index in [1.165, 1.54) is 32.1 Å². The molecular weight excluding hydrogens is 250 g/mol. The van der Waals surface area contributed by atoms with Crippen molar-refractivity contribution in [3.63, 3.8) is 0 Å². The van der Waals surface area contributed by atoms with Gasteiger partial charge in [-0.15, -0.1) is 0 Å². The highest BCUT2D eigenvalue weighted by atomic mass is 16.2. The average molecular weight is 281 g/mol. The molecule has 1 unspecified atom stereocenters. The van der Waals surface area contributed by atoms with Crippen LogP contribution in [0.3, 0.4) is 0 Å². The van der Waals surface area contributed by atoms with Crippen LogP contribution in [0.1, 0.15) is 51.4 Å². The van der Waals surface area contributed by atoms with Gasteiger partial charge in [-0.2, -0.15) is 0 Å². The summed E-state index contributed by atoms with van der Waals surface area (Å²) in [5, 5.41) is 0. The molecule has 0 radical (unpaired) electrons. The van der Waals surface area contributed by atoms with Crippen molar-refractivity contribution in [2.24, 2.45) is 11.7 Å². The Hall–Kier alpha value is -0.610. The van der Waals surface area contributed by atoms with Crippen LogP contribution in [-0.4, -0.2) is 55.0 Å². The van der Waals surface area contributed by atoms with E-state index in [1.807, 2.05) is 11.9 Å². The summed E-state index contributed by atoms with van der Waals surface area (Å²) in [6.45, 7) is 2.17. The highest BCUT2D eigenvalue weighted by Gasteiger charge is 2.28. The van der Waals surface area contributed by atoms with E-state index in [0.717, 1.165) is 32.4 Å². The van der Waals surface area contributed by atoms with E-state index in [0.29, 0.717) is 12.0 Å². The molecule has 116 valence electrons. The van der Waals surface area contributed by atoms with Crippen LogP contribution in [-0.2, 0) is 4.79 Å². The number of hydrogen-bond acceptors (Lipinski definition) is 3. The Morgan fingerprint density at radius 1 is 1.20 bits per heavy atom. The standard InChI is InChI=1S/C16H31N3O/c1-18-10-8-14(9-11-18)19(2)16(20)15(17)12-13-6-4-3-5-7-13/h13-15H,3-12,17H2,1-2H3. The van der Waals surface area contributed by atoms with Crippen LogP contribution >= 0.6 is 0 Å². The maximum atomic E-state index is 12.5. The van der Waals surface area contributed by atoms with Crippen molar-refractivity contribution in [1.82, 2.24) is 9.80 Å². The second kappa shape index (κ2) is 7.41. The first-order chi connectivity index (χ1) is 9.58. The van der Waals surface area contributed by atoms with Gasteiger partial charge >= 0.3 is 0 Å². The number of rotatable bonds is 4. The smallest absolute Gasteiger partial charge is 0.239 e. The molecule has 2 fully saturated rings. The summed E-state index contributed by atoms with van der Waals surface area (Å²) in [4.78, 5) is 16.7. The van der Waals surface area contributed by atoms with E-state index in [4.69, 9.17) is 5.73 Å². The zero-order valence-electron chi connectivity index (χ0n) is 13.2. The number of nitrogens with two attached hydrogens (primary N) is 1. The van der Waals surface area contributed by atoms with Crippen LogP contribution < -0.4 is 5.73 Å². The van der Waals surface area contributed by atoms with Gasteiger partial charge in [-0.25, -0.2) is 0 Å². The Kier molecular flexibility index (Phi) is 5.85. The lowest BCUT2D eigenvalue weighted by atomic mass is 9.84. The molecule has 0 aromatic carbocycles. The predicted molar refractivity (Wildman–Crippen MR) is 82.5 cm³/mol. The highest BCUT2D eigenvalue weighted by Crippen LogP contribution is 2.27. The molecule has 1 aliphatic heterocycles. The molecule has 1 atom stereocenters. The van der Waals surface area contributed by atoms with Gasteiger partial charge in [-0.1, -0.05) is 32.1 Å². The summed E-state index contributed by atoms with van der Waals surface area (Å²) >= 11 is 0. The Labute approximate surface area is 123 Å². The summed E-state index contributed by atoms with van der Waals surface area (Å²) in [7, 11) is 4.09. The third-order valence-corrected chi connectivity index (χ3v) is 5.21. The van der Waals surface area contributed by atoms with E-state index in [2.05, 4.69) is 11.9 Å². The third-order valence-electron chi connectivity index (χ3n) is 5.21. The SMILES string of the molecule is CN1CCC(N(C)C(=O)C(N)CC2CCCCC2)CC1. The Bertz CT molecular complexity index is 307. The van der Waals surface area contributed by atoms with Crippen LogP contribution in [0.2, 0.25) is 0 Å². The van der Waals surface area contributed by atoms with Crippen LogP contribution in [0, 0.1) is 5.92 Å². The van der Waals surface area contributed by atoms with Gasteiger partial charge in [-0.3, -0.25) is 4.79 Å². The quantitative estimate of drug-likeness (QED) is 0.855. The summed E-state index contributed by atoms with van der Waals surface area (Å²) in [5.74, 6) is 0.832. The van der Waals surface area contributed by atoms with Crippen molar-refractivity contribution in [2.75, 3.05) is 27.2 Å². The molecule has 0 spiro atoms. The molecule has 4 nitrogen and oxygen atoms in total. The van der Waals surface area contributed by atoms with Gasteiger partial charge in [0.05, 0.1) is 6.04 Å². The van der Waals surface area contributed by atoms with Crippen molar-refractivity contribution < 1.29 is 4.79 Å². The van der Waals surface area contributed by atoms with Gasteiger partial charge in [0.2, 0.25) is 5.91 Å². The molecule has 2 aliphatic rings. The molecule has 2 N–H and O–H groups in total. The molecule has 1 aliphatic carbocycles. The summed E-state index contributed by atoms with van der Waals surface area (Å²) in [6, 6.07) is 0.0962. The minimum Gasteiger partial charge on any atom is -0.341 e. The Morgan fingerprint density at radius 2 is 1.80 bits per heavy atom. The van der Waals surface area contributed by atoms with Gasteiger partial charge in [0.1, 0.15) is 0 Å². The van der Waals surface area contributed by atoms with Crippen LogP contribution in [0.15, 0.2) is 0 Å². The zero-order chi connectivity index (χ0) is 14.5. The lowest BCUT2D eigenvalue weighted by molar-refractivity contribution is -0.134. The molecule has 0 aromatic rings. The molecule has 1 amide bonds. The number of hydrogen-bond donors (Lipinski definition) is 1. The monoisotopic (exact) mass is 281 g/mol. The molecule has 0 bridgehead atoms. The van der Waals surface area contributed by atoms with Crippen LogP contribution in [0.25, 0.3) is 0 Å². The van der Waals surface area contributed by atoms with Crippen molar-refractivity contribution in [2.45, 2.75) is 63.5 Å². The van der Waals surface area contributed by atoms with Gasteiger partial charge in [0.25, 0.3) is 0 Å². The maximum absolute atomic E-state index is 12.5. The molecular formula is C16H31N3O. The number of carbonyl (C=O) groups excluding carboxylic acids is 1. The number of amides is 1. The van der Waals surface area contributed by atoms with Crippen molar-refractivity contribution in [3.8, 4) is 0 Å². The second-order valence-corrected chi connectivity index (χ2v) is 6.83. The van der Waals surface area contributed by atoms with Crippen molar-refractivity contribution in [1.29, 1.82) is 0 Å². The number of likely N-dealkylation sites (tertiary alicyclic amines) is 1. The fraction of sp³-hybridized carbons (Fsp3) is 0.938. The van der Waals surface area contributed by atoms with E-state index >= 15 is 0 Å². The number of nitrogens with zero attached hydrogens (tertiary/aromatic N) is 2. The maximum Gasteiger partial charge on any atom is 0.239 e. The highest BCUT2D eigenvalue weighted by molar-refractivity contribution is 5.81. The van der Waals surface area contributed by atoms with Gasteiger partial charge in [-0.05, 0) is 45.3 Å². The summed E-state index contributed by atoms with van der Waals surface area (Å²) < 4.78 is 0. The van der Waals surface area contributed by atoms with Crippen LogP contribution in [0.5, 0.6) is 0 Å².